The maximum absolute atomic E-state index is 5.59. The Kier molecular flexibility index (Phi) is 4.92. The molecule has 1 saturated heterocycles. The molecule has 1 aromatic heterocycles. The van der Waals surface area contributed by atoms with E-state index in [0.717, 1.165) is 42.4 Å². The summed E-state index contributed by atoms with van der Waals surface area (Å²) in [4.78, 5) is 0. The molecule has 4 nitrogen and oxygen atoms in total. The SMILES string of the molecule is CC1CC(c2nnc(CCCNC(C)(C)C)s2)CO1. The summed E-state index contributed by atoms with van der Waals surface area (Å²) in [5.74, 6) is 0.467. The van der Waals surface area contributed by atoms with Crippen LogP contribution in [0.5, 0.6) is 0 Å². The van der Waals surface area contributed by atoms with E-state index in [-0.39, 0.29) is 5.54 Å². The third kappa shape index (κ3) is 4.82. The molecule has 0 aromatic carbocycles. The van der Waals surface area contributed by atoms with Crippen molar-refractivity contribution >= 4 is 11.3 Å². The molecule has 2 unspecified atom stereocenters. The van der Waals surface area contributed by atoms with Gasteiger partial charge in [0.1, 0.15) is 10.0 Å². The van der Waals surface area contributed by atoms with Crippen molar-refractivity contribution in [3.63, 3.8) is 0 Å². The first-order valence-corrected chi connectivity index (χ1v) is 7.94. The minimum absolute atomic E-state index is 0.198. The average molecular weight is 283 g/mol. The molecule has 0 bridgehead atoms. The molecule has 2 atom stereocenters. The van der Waals surface area contributed by atoms with E-state index >= 15 is 0 Å². The number of aryl methyl sites for hydroxylation is 1. The smallest absolute Gasteiger partial charge is 0.122 e. The van der Waals surface area contributed by atoms with Gasteiger partial charge in [-0.25, -0.2) is 0 Å². The Morgan fingerprint density at radius 2 is 2.16 bits per heavy atom. The van der Waals surface area contributed by atoms with Gasteiger partial charge in [-0.15, -0.1) is 21.5 Å². The molecule has 2 heterocycles. The summed E-state index contributed by atoms with van der Waals surface area (Å²) in [6.07, 6.45) is 3.58. The van der Waals surface area contributed by atoms with E-state index in [9.17, 15) is 0 Å². The molecule has 1 aromatic rings. The molecule has 0 radical (unpaired) electrons. The molecule has 2 rings (SSSR count). The molecule has 0 saturated carbocycles. The lowest BCUT2D eigenvalue weighted by Gasteiger charge is -2.20. The van der Waals surface area contributed by atoms with Gasteiger partial charge in [-0.2, -0.15) is 0 Å². The molecular formula is C14H25N3OS. The van der Waals surface area contributed by atoms with Crippen molar-refractivity contribution in [2.75, 3.05) is 13.2 Å². The topological polar surface area (TPSA) is 47.0 Å². The first-order valence-electron chi connectivity index (χ1n) is 7.13. The molecule has 1 fully saturated rings. The Hall–Kier alpha value is -0.520. The third-order valence-electron chi connectivity index (χ3n) is 3.25. The average Bonchev–Trinajstić information content (AvgIpc) is 2.92. The van der Waals surface area contributed by atoms with Crippen LogP contribution in [-0.4, -0.2) is 35.0 Å². The van der Waals surface area contributed by atoms with Gasteiger partial charge >= 0.3 is 0 Å². The van der Waals surface area contributed by atoms with Crippen LogP contribution in [0.25, 0.3) is 0 Å². The Bertz CT molecular complexity index is 400. The lowest BCUT2D eigenvalue weighted by atomic mass is 10.1. The van der Waals surface area contributed by atoms with Crippen LogP contribution >= 0.6 is 11.3 Å². The highest BCUT2D eigenvalue weighted by Gasteiger charge is 2.26. The monoisotopic (exact) mass is 283 g/mol. The second-order valence-corrected chi connectivity index (χ2v) is 7.48. The van der Waals surface area contributed by atoms with Crippen molar-refractivity contribution in [2.24, 2.45) is 0 Å². The van der Waals surface area contributed by atoms with E-state index in [4.69, 9.17) is 4.74 Å². The number of nitrogens with zero attached hydrogens (tertiary/aromatic N) is 2. The van der Waals surface area contributed by atoms with Gasteiger partial charge in [-0.3, -0.25) is 0 Å². The quantitative estimate of drug-likeness (QED) is 0.844. The zero-order chi connectivity index (χ0) is 13.9. The molecule has 0 aliphatic carbocycles. The molecule has 19 heavy (non-hydrogen) atoms. The molecular weight excluding hydrogens is 258 g/mol. The molecule has 1 aliphatic heterocycles. The molecule has 1 N–H and O–H groups in total. The van der Waals surface area contributed by atoms with E-state index in [1.54, 1.807) is 11.3 Å². The predicted molar refractivity (Wildman–Crippen MR) is 78.8 cm³/mol. The fraction of sp³-hybridized carbons (Fsp3) is 0.857. The maximum Gasteiger partial charge on any atom is 0.122 e. The second kappa shape index (κ2) is 6.29. The minimum atomic E-state index is 0.198. The van der Waals surface area contributed by atoms with Gasteiger partial charge in [0.25, 0.3) is 0 Å². The fourth-order valence-electron chi connectivity index (χ4n) is 2.22. The van der Waals surface area contributed by atoms with Crippen LogP contribution in [0.2, 0.25) is 0 Å². The number of ether oxygens (including phenoxy) is 1. The van der Waals surface area contributed by atoms with Crippen molar-refractivity contribution in [3.05, 3.63) is 10.0 Å². The zero-order valence-electron chi connectivity index (χ0n) is 12.4. The summed E-state index contributed by atoms with van der Waals surface area (Å²) in [5, 5.41) is 14.4. The van der Waals surface area contributed by atoms with Gasteiger partial charge in [-0.05, 0) is 47.1 Å². The van der Waals surface area contributed by atoms with Crippen LogP contribution in [0.15, 0.2) is 0 Å². The van der Waals surface area contributed by atoms with Crippen molar-refractivity contribution in [1.29, 1.82) is 0 Å². The Balaban J connectivity index is 1.75. The van der Waals surface area contributed by atoms with Gasteiger partial charge in [0.15, 0.2) is 0 Å². The Labute approximate surface area is 120 Å². The highest BCUT2D eigenvalue weighted by molar-refractivity contribution is 7.11. The first-order chi connectivity index (χ1) is 8.94. The Morgan fingerprint density at radius 3 is 2.79 bits per heavy atom. The van der Waals surface area contributed by atoms with Crippen LogP contribution in [0, 0.1) is 0 Å². The third-order valence-corrected chi connectivity index (χ3v) is 4.40. The van der Waals surface area contributed by atoms with Crippen molar-refractivity contribution in [2.45, 2.75) is 64.5 Å². The molecule has 5 heteroatoms. The van der Waals surface area contributed by atoms with E-state index in [0.29, 0.717) is 12.0 Å². The highest BCUT2D eigenvalue weighted by Crippen LogP contribution is 2.31. The van der Waals surface area contributed by atoms with Gasteiger partial charge in [0, 0.05) is 17.9 Å². The normalized spacial score (nSPS) is 24.0. The lowest BCUT2D eigenvalue weighted by molar-refractivity contribution is 0.123. The second-order valence-electron chi connectivity index (χ2n) is 6.39. The van der Waals surface area contributed by atoms with E-state index < -0.39 is 0 Å². The summed E-state index contributed by atoms with van der Waals surface area (Å²) in [7, 11) is 0. The first kappa shape index (κ1) is 14.9. The summed E-state index contributed by atoms with van der Waals surface area (Å²) in [6, 6.07) is 0. The predicted octanol–water partition coefficient (Wildman–Crippen LogP) is 2.75. The summed E-state index contributed by atoms with van der Waals surface area (Å²) < 4.78 is 5.59. The highest BCUT2D eigenvalue weighted by atomic mass is 32.1. The van der Waals surface area contributed by atoms with Gasteiger partial charge in [0.05, 0.1) is 12.7 Å². The number of aromatic nitrogens is 2. The summed E-state index contributed by atoms with van der Waals surface area (Å²) in [6.45, 7) is 10.5. The van der Waals surface area contributed by atoms with Crippen molar-refractivity contribution in [1.82, 2.24) is 15.5 Å². The van der Waals surface area contributed by atoms with E-state index in [2.05, 4.69) is 43.2 Å². The van der Waals surface area contributed by atoms with Crippen LogP contribution < -0.4 is 5.32 Å². The van der Waals surface area contributed by atoms with Gasteiger partial charge in [0.2, 0.25) is 0 Å². The summed E-state index contributed by atoms with van der Waals surface area (Å²) >= 11 is 1.76. The fourth-order valence-corrected chi connectivity index (χ4v) is 3.21. The number of hydrogen-bond donors (Lipinski definition) is 1. The maximum atomic E-state index is 5.59. The number of rotatable bonds is 5. The summed E-state index contributed by atoms with van der Waals surface area (Å²) in [5.41, 5.74) is 0.198. The van der Waals surface area contributed by atoms with Crippen LogP contribution in [0.3, 0.4) is 0 Å². The van der Waals surface area contributed by atoms with E-state index in [1.165, 1.54) is 0 Å². The Morgan fingerprint density at radius 1 is 1.37 bits per heavy atom. The molecule has 108 valence electrons. The van der Waals surface area contributed by atoms with Crippen molar-refractivity contribution < 1.29 is 4.74 Å². The van der Waals surface area contributed by atoms with Crippen LogP contribution in [-0.2, 0) is 11.2 Å². The van der Waals surface area contributed by atoms with Gasteiger partial charge in [-0.1, -0.05) is 0 Å². The van der Waals surface area contributed by atoms with E-state index in [1.807, 2.05) is 0 Å². The minimum Gasteiger partial charge on any atom is -0.378 e. The molecule has 0 amide bonds. The lowest BCUT2D eigenvalue weighted by Crippen LogP contribution is -2.36. The molecule has 1 aliphatic rings. The number of nitrogens with one attached hydrogen (secondary N) is 1. The standard InChI is InChI=1S/C14H25N3OS/c1-10-8-11(9-18-10)13-17-16-12(19-13)6-5-7-15-14(2,3)4/h10-11,15H,5-9H2,1-4H3. The number of hydrogen-bond acceptors (Lipinski definition) is 5. The van der Waals surface area contributed by atoms with Crippen LogP contribution in [0.4, 0.5) is 0 Å². The van der Waals surface area contributed by atoms with Crippen LogP contribution in [0.1, 0.15) is 56.5 Å². The zero-order valence-corrected chi connectivity index (χ0v) is 13.2. The van der Waals surface area contributed by atoms with Crippen molar-refractivity contribution in [3.8, 4) is 0 Å². The molecule has 0 spiro atoms. The van der Waals surface area contributed by atoms with Gasteiger partial charge < -0.3 is 10.1 Å². The largest absolute Gasteiger partial charge is 0.378 e.